The largest absolute Gasteiger partial charge is 0.463 e. The lowest BCUT2D eigenvalue weighted by Gasteiger charge is -2.04. The fourth-order valence-electron chi connectivity index (χ4n) is 0.842. The number of carbonyl (C=O) groups is 2. The van der Waals surface area contributed by atoms with Gasteiger partial charge in [0.15, 0.2) is 0 Å². The van der Waals surface area contributed by atoms with E-state index in [-0.39, 0.29) is 11.9 Å². The average molecular weight is 213 g/mol. The summed E-state index contributed by atoms with van der Waals surface area (Å²) in [6.45, 7) is 6.13. The fraction of sp³-hybridized carbons (Fsp3) is 0.636. The van der Waals surface area contributed by atoms with Gasteiger partial charge in [-0.15, -0.1) is 0 Å². The van der Waals surface area contributed by atoms with Crippen LogP contribution in [0.3, 0.4) is 0 Å². The van der Waals surface area contributed by atoms with Crippen LogP contribution in [-0.2, 0) is 14.3 Å². The van der Waals surface area contributed by atoms with E-state index in [0.29, 0.717) is 6.61 Å². The molecule has 0 unspecified atom stereocenters. The number of unbranched alkanes of at least 4 members (excludes halogenated alkanes) is 1. The first-order valence-corrected chi connectivity index (χ1v) is 5.21. The lowest BCUT2D eigenvalue weighted by Crippen LogP contribution is -2.28. The molecule has 1 amide bonds. The summed E-state index contributed by atoms with van der Waals surface area (Å²) in [5.74, 6) is -0.750. The average Bonchev–Trinajstić information content (AvgIpc) is 2.14. The highest BCUT2D eigenvalue weighted by Crippen LogP contribution is 1.90. The molecule has 4 nitrogen and oxygen atoms in total. The number of carbonyl (C=O) groups excluding carboxylic acids is 2. The van der Waals surface area contributed by atoms with Crippen LogP contribution >= 0.6 is 0 Å². The molecule has 0 aromatic carbocycles. The Bertz CT molecular complexity index is 234. The first-order chi connectivity index (χ1) is 7.06. The summed E-state index contributed by atoms with van der Waals surface area (Å²) in [6, 6.07) is 0.0678. The summed E-state index contributed by atoms with van der Waals surface area (Å²) in [5.41, 5.74) is 0. The van der Waals surface area contributed by atoms with Gasteiger partial charge in [-0.2, -0.15) is 0 Å². The van der Waals surface area contributed by atoms with Crippen molar-refractivity contribution in [1.29, 1.82) is 0 Å². The third kappa shape index (κ3) is 9.00. The van der Waals surface area contributed by atoms with Crippen molar-refractivity contribution >= 4 is 11.9 Å². The third-order valence-corrected chi connectivity index (χ3v) is 1.54. The molecule has 0 heterocycles. The van der Waals surface area contributed by atoms with Gasteiger partial charge in [0.2, 0.25) is 5.91 Å². The minimum atomic E-state index is -0.470. The lowest BCUT2D eigenvalue weighted by molar-refractivity contribution is -0.138. The zero-order valence-electron chi connectivity index (χ0n) is 9.58. The number of hydrogen-bond donors (Lipinski definition) is 1. The Morgan fingerprint density at radius 3 is 2.53 bits per heavy atom. The quantitative estimate of drug-likeness (QED) is 0.412. The van der Waals surface area contributed by atoms with Crippen LogP contribution < -0.4 is 5.32 Å². The highest BCUT2D eigenvalue weighted by Gasteiger charge is 2.00. The fourth-order valence-corrected chi connectivity index (χ4v) is 0.842. The van der Waals surface area contributed by atoms with Gasteiger partial charge in [0.25, 0.3) is 0 Å². The van der Waals surface area contributed by atoms with Crippen LogP contribution in [0.15, 0.2) is 12.2 Å². The Labute approximate surface area is 90.7 Å². The Morgan fingerprint density at radius 1 is 1.33 bits per heavy atom. The van der Waals surface area contributed by atoms with E-state index in [1.807, 2.05) is 20.8 Å². The molecule has 0 spiro atoms. The van der Waals surface area contributed by atoms with Gasteiger partial charge in [-0.1, -0.05) is 13.3 Å². The predicted octanol–water partition coefficient (Wildman–Crippen LogP) is 1.41. The van der Waals surface area contributed by atoms with Crippen molar-refractivity contribution in [1.82, 2.24) is 5.32 Å². The number of rotatable bonds is 6. The molecule has 0 aromatic heterocycles. The second-order valence-electron chi connectivity index (χ2n) is 3.52. The summed E-state index contributed by atoms with van der Waals surface area (Å²) in [6.07, 6.45) is 4.16. The van der Waals surface area contributed by atoms with Gasteiger partial charge in [-0.25, -0.2) is 4.79 Å². The minimum Gasteiger partial charge on any atom is -0.463 e. The predicted molar refractivity (Wildman–Crippen MR) is 58.3 cm³/mol. The van der Waals surface area contributed by atoms with Gasteiger partial charge < -0.3 is 10.1 Å². The van der Waals surface area contributed by atoms with Gasteiger partial charge in [0, 0.05) is 18.2 Å². The maximum Gasteiger partial charge on any atom is 0.330 e. The molecule has 0 saturated heterocycles. The van der Waals surface area contributed by atoms with E-state index < -0.39 is 5.97 Å². The second-order valence-corrected chi connectivity index (χ2v) is 3.52. The smallest absolute Gasteiger partial charge is 0.330 e. The number of ether oxygens (including phenoxy) is 1. The van der Waals surface area contributed by atoms with E-state index in [1.165, 1.54) is 6.08 Å². The molecule has 0 saturated carbocycles. The summed E-state index contributed by atoms with van der Waals surface area (Å²) < 4.78 is 4.83. The Morgan fingerprint density at radius 2 is 2.00 bits per heavy atom. The van der Waals surface area contributed by atoms with E-state index in [0.717, 1.165) is 18.9 Å². The Hall–Kier alpha value is -1.32. The van der Waals surface area contributed by atoms with Crippen LogP contribution in [-0.4, -0.2) is 24.5 Å². The van der Waals surface area contributed by atoms with Crippen molar-refractivity contribution in [3.05, 3.63) is 12.2 Å². The molecule has 0 atom stereocenters. The van der Waals surface area contributed by atoms with Crippen LogP contribution in [0, 0.1) is 0 Å². The first kappa shape index (κ1) is 13.7. The van der Waals surface area contributed by atoms with Crippen LogP contribution in [0.1, 0.15) is 33.6 Å². The van der Waals surface area contributed by atoms with Crippen LogP contribution in [0.2, 0.25) is 0 Å². The van der Waals surface area contributed by atoms with Crippen molar-refractivity contribution in [3.8, 4) is 0 Å². The summed E-state index contributed by atoms with van der Waals surface area (Å²) >= 11 is 0. The van der Waals surface area contributed by atoms with Crippen LogP contribution in [0.25, 0.3) is 0 Å². The van der Waals surface area contributed by atoms with Crippen molar-refractivity contribution in [2.75, 3.05) is 6.61 Å². The molecule has 0 aromatic rings. The maximum absolute atomic E-state index is 11.1. The number of amides is 1. The third-order valence-electron chi connectivity index (χ3n) is 1.54. The molecule has 0 bridgehead atoms. The van der Waals surface area contributed by atoms with E-state index >= 15 is 0 Å². The topological polar surface area (TPSA) is 55.4 Å². The lowest BCUT2D eigenvalue weighted by atomic mass is 10.3. The molecular formula is C11H19NO3. The van der Waals surface area contributed by atoms with Gasteiger partial charge in [-0.3, -0.25) is 4.79 Å². The van der Waals surface area contributed by atoms with E-state index in [2.05, 4.69) is 5.32 Å². The van der Waals surface area contributed by atoms with E-state index in [4.69, 9.17) is 4.74 Å². The van der Waals surface area contributed by atoms with Gasteiger partial charge >= 0.3 is 5.97 Å². The molecule has 1 N–H and O–H groups in total. The molecule has 0 aliphatic carbocycles. The van der Waals surface area contributed by atoms with Crippen molar-refractivity contribution < 1.29 is 14.3 Å². The molecular weight excluding hydrogens is 194 g/mol. The zero-order chi connectivity index (χ0) is 11.7. The molecule has 0 aliphatic heterocycles. The molecule has 4 heteroatoms. The molecule has 86 valence electrons. The van der Waals surface area contributed by atoms with Crippen LogP contribution in [0.5, 0.6) is 0 Å². The highest BCUT2D eigenvalue weighted by atomic mass is 16.5. The second kappa shape index (κ2) is 8.03. The molecule has 15 heavy (non-hydrogen) atoms. The first-order valence-electron chi connectivity index (χ1n) is 5.21. The van der Waals surface area contributed by atoms with Gasteiger partial charge in [0.05, 0.1) is 6.61 Å². The number of hydrogen-bond acceptors (Lipinski definition) is 3. The van der Waals surface area contributed by atoms with Crippen molar-refractivity contribution in [2.45, 2.75) is 39.7 Å². The Kier molecular flexibility index (Phi) is 7.32. The monoisotopic (exact) mass is 213 g/mol. The summed E-state index contributed by atoms with van der Waals surface area (Å²) in [5, 5.41) is 2.63. The molecule has 0 rings (SSSR count). The number of esters is 1. The SMILES string of the molecule is CCCCOC(=O)/C=C/C(=O)NC(C)C. The van der Waals surface area contributed by atoms with E-state index in [9.17, 15) is 9.59 Å². The minimum absolute atomic E-state index is 0.0678. The standard InChI is InChI=1S/C11H19NO3/c1-4-5-8-15-11(14)7-6-10(13)12-9(2)3/h6-7,9H,4-5,8H2,1-3H3,(H,12,13)/b7-6+. The zero-order valence-corrected chi connectivity index (χ0v) is 9.58. The van der Waals surface area contributed by atoms with Crippen molar-refractivity contribution in [3.63, 3.8) is 0 Å². The summed E-state index contributed by atoms with van der Waals surface area (Å²) in [7, 11) is 0. The summed E-state index contributed by atoms with van der Waals surface area (Å²) in [4.78, 5) is 22.1. The number of nitrogens with one attached hydrogen (secondary N) is 1. The maximum atomic E-state index is 11.1. The normalized spacial score (nSPS) is 10.7. The van der Waals surface area contributed by atoms with E-state index in [1.54, 1.807) is 0 Å². The van der Waals surface area contributed by atoms with Gasteiger partial charge in [-0.05, 0) is 20.3 Å². The Balaban J connectivity index is 3.74. The highest BCUT2D eigenvalue weighted by molar-refractivity contribution is 5.94. The molecule has 0 radical (unpaired) electrons. The van der Waals surface area contributed by atoms with Crippen LogP contribution in [0.4, 0.5) is 0 Å². The molecule has 0 aliphatic rings. The van der Waals surface area contributed by atoms with Gasteiger partial charge in [0.1, 0.15) is 0 Å². The van der Waals surface area contributed by atoms with Crippen molar-refractivity contribution in [2.24, 2.45) is 0 Å². The molecule has 0 fully saturated rings.